The summed E-state index contributed by atoms with van der Waals surface area (Å²) >= 11 is 0. The maximum Gasteiger partial charge on any atom is 0.321 e. The molecule has 2 unspecified atom stereocenters. The van der Waals surface area contributed by atoms with Crippen LogP contribution in [0.3, 0.4) is 0 Å². The lowest BCUT2D eigenvalue weighted by Gasteiger charge is -2.38. The molecule has 2 N–H and O–H groups in total. The van der Waals surface area contributed by atoms with Crippen LogP contribution in [0, 0.1) is 5.92 Å². The molecule has 1 heterocycles. The lowest BCUT2D eigenvalue weighted by molar-refractivity contribution is -0.147. The maximum atomic E-state index is 11.2. The number of piperidine rings is 1. The summed E-state index contributed by atoms with van der Waals surface area (Å²) < 4.78 is 0. The fourth-order valence-electron chi connectivity index (χ4n) is 2.34. The molecule has 4 heteroatoms. The first-order valence-corrected chi connectivity index (χ1v) is 6.00. The van der Waals surface area contributed by atoms with Gasteiger partial charge in [-0.25, -0.2) is 0 Å². The Morgan fingerprint density at radius 1 is 1.50 bits per heavy atom. The second-order valence-electron chi connectivity index (χ2n) is 5.50. The quantitative estimate of drug-likeness (QED) is 0.763. The Balaban J connectivity index is 2.58. The van der Waals surface area contributed by atoms with Crippen molar-refractivity contribution in [3.05, 3.63) is 0 Å². The molecular formula is C12H23NO3. The minimum Gasteiger partial charge on any atom is -0.480 e. The summed E-state index contributed by atoms with van der Waals surface area (Å²) in [7, 11) is 0. The molecule has 0 amide bonds. The predicted octanol–water partition coefficient (Wildman–Crippen LogP) is 1.33. The molecular weight excluding hydrogens is 206 g/mol. The van der Waals surface area contributed by atoms with Crippen molar-refractivity contribution >= 4 is 5.97 Å². The van der Waals surface area contributed by atoms with Crippen LogP contribution in [0.2, 0.25) is 0 Å². The topological polar surface area (TPSA) is 60.8 Å². The summed E-state index contributed by atoms with van der Waals surface area (Å²) in [4.78, 5) is 13.2. The third-order valence-corrected chi connectivity index (χ3v) is 3.30. The fraction of sp³-hybridized carbons (Fsp3) is 0.917. The highest BCUT2D eigenvalue weighted by Gasteiger charge is 2.34. The van der Waals surface area contributed by atoms with Crippen molar-refractivity contribution < 1.29 is 15.0 Å². The molecule has 1 aliphatic rings. The van der Waals surface area contributed by atoms with E-state index in [9.17, 15) is 15.0 Å². The van der Waals surface area contributed by atoms with Crippen molar-refractivity contribution in [3.63, 3.8) is 0 Å². The van der Waals surface area contributed by atoms with Crippen LogP contribution in [-0.2, 0) is 4.79 Å². The highest BCUT2D eigenvalue weighted by atomic mass is 16.4. The van der Waals surface area contributed by atoms with E-state index in [2.05, 4.69) is 0 Å². The molecule has 0 aliphatic carbocycles. The van der Waals surface area contributed by atoms with E-state index in [0.717, 1.165) is 19.4 Å². The molecule has 0 bridgehead atoms. The molecule has 0 aromatic heterocycles. The Bertz CT molecular complexity index is 247. The number of carboxylic acids is 1. The van der Waals surface area contributed by atoms with Crippen LogP contribution < -0.4 is 0 Å². The second kappa shape index (κ2) is 5.15. The van der Waals surface area contributed by atoms with Gasteiger partial charge in [0, 0.05) is 6.54 Å². The summed E-state index contributed by atoms with van der Waals surface area (Å²) in [6, 6.07) is -0.379. The molecule has 0 spiro atoms. The Hall–Kier alpha value is -0.610. The molecule has 94 valence electrons. The van der Waals surface area contributed by atoms with E-state index in [1.54, 1.807) is 13.8 Å². The third-order valence-electron chi connectivity index (χ3n) is 3.30. The second-order valence-corrected chi connectivity index (χ2v) is 5.50. The molecule has 0 aromatic carbocycles. The summed E-state index contributed by atoms with van der Waals surface area (Å²) in [5, 5.41) is 18.9. The number of carboxylic acid groups (broad SMARTS) is 1. The summed E-state index contributed by atoms with van der Waals surface area (Å²) in [6.45, 7) is 7.00. The van der Waals surface area contributed by atoms with E-state index in [0.29, 0.717) is 13.0 Å². The van der Waals surface area contributed by atoms with Gasteiger partial charge in [-0.05, 0) is 45.6 Å². The van der Waals surface area contributed by atoms with Gasteiger partial charge in [0.2, 0.25) is 0 Å². The SMILES string of the molecule is CC1CCCN(CCC(C)(C)O)C1C(=O)O. The van der Waals surface area contributed by atoms with Crippen LogP contribution in [0.5, 0.6) is 0 Å². The Labute approximate surface area is 97.3 Å². The maximum absolute atomic E-state index is 11.2. The monoisotopic (exact) mass is 229 g/mol. The average Bonchev–Trinajstić information content (AvgIpc) is 2.12. The smallest absolute Gasteiger partial charge is 0.321 e. The number of nitrogens with zero attached hydrogens (tertiary/aromatic N) is 1. The van der Waals surface area contributed by atoms with Gasteiger partial charge in [-0.15, -0.1) is 0 Å². The van der Waals surface area contributed by atoms with Gasteiger partial charge in [0.25, 0.3) is 0 Å². The summed E-state index contributed by atoms with van der Waals surface area (Å²) in [5.41, 5.74) is -0.719. The summed E-state index contributed by atoms with van der Waals surface area (Å²) in [6.07, 6.45) is 2.65. The third kappa shape index (κ3) is 3.76. The molecule has 16 heavy (non-hydrogen) atoms. The predicted molar refractivity (Wildman–Crippen MR) is 62.3 cm³/mol. The Kier molecular flexibility index (Phi) is 4.33. The molecule has 1 aliphatic heterocycles. The van der Waals surface area contributed by atoms with Gasteiger partial charge in [0.1, 0.15) is 6.04 Å². The molecule has 1 rings (SSSR count). The molecule has 4 nitrogen and oxygen atoms in total. The van der Waals surface area contributed by atoms with E-state index >= 15 is 0 Å². The van der Waals surface area contributed by atoms with Gasteiger partial charge in [-0.2, -0.15) is 0 Å². The first kappa shape index (κ1) is 13.5. The normalized spacial score (nSPS) is 28.0. The van der Waals surface area contributed by atoms with Crippen molar-refractivity contribution in [2.45, 2.75) is 51.7 Å². The van der Waals surface area contributed by atoms with Crippen LogP contribution in [-0.4, -0.2) is 45.8 Å². The first-order chi connectivity index (χ1) is 7.31. The zero-order chi connectivity index (χ0) is 12.3. The zero-order valence-corrected chi connectivity index (χ0v) is 10.4. The van der Waals surface area contributed by atoms with Gasteiger partial charge in [0.15, 0.2) is 0 Å². The van der Waals surface area contributed by atoms with Gasteiger partial charge in [-0.1, -0.05) is 6.92 Å². The van der Waals surface area contributed by atoms with Crippen LogP contribution in [0.4, 0.5) is 0 Å². The van der Waals surface area contributed by atoms with Gasteiger partial charge >= 0.3 is 5.97 Å². The van der Waals surface area contributed by atoms with Crippen molar-refractivity contribution in [1.29, 1.82) is 0 Å². The van der Waals surface area contributed by atoms with Crippen molar-refractivity contribution in [3.8, 4) is 0 Å². The number of likely N-dealkylation sites (tertiary alicyclic amines) is 1. The van der Waals surface area contributed by atoms with Gasteiger partial charge < -0.3 is 10.2 Å². The zero-order valence-electron chi connectivity index (χ0n) is 10.4. The van der Waals surface area contributed by atoms with E-state index in [1.165, 1.54) is 0 Å². The first-order valence-electron chi connectivity index (χ1n) is 6.00. The largest absolute Gasteiger partial charge is 0.480 e. The van der Waals surface area contributed by atoms with Crippen LogP contribution >= 0.6 is 0 Å². The van der Waals surface area contributed by atoms with Crippen LogP contribution in [0.1, 0.15) is 40.0 Å². The van der Waals surface area contributed by atoms with E-state index < -0.39 is 11.6 Å². The van der Waals surface area contributed by atoms with E-state index in [-0.39, 0.29) is 12.0 Å². The Morgan fingerprint density at radius 2 is 2.12 bits per heavy atom. The van der Waals surface area contributed by atoms with Crippen molar-refractivity contribution in [2.24, 2.45) is 5.92 Å². The lowest BCUT2D eigenvalue weighted by Crippen LogP contribution is -2.50. The van der Waals surface area contributed by atoms with Crippen molar-refractivity contribution in [2.75, 3.05) is 13.1 Å². The highest BCUT2D eigenvalue weighted by Crippen LogP contribution is 2.24. The molecule has 1 fully saturated rings. The lowest BCUT2D eigenvalue weighted by atomic mass is 9.90. The molecule has 1 saturated heterocycles. The van der Waals surface area contributed by atoms with Gasteiger partial charge in [-0.3, -0.25) is 9.69 Å². The van der Waals surface area contributed by atoms with Crippen molar-refractivity contribution in [1.82, 2.24) is 4.90 Å². The standard InChI is InChI=1S/C12H23NO3/c1-9-5-4-7-13(10(9)11(14)15)8-6-12(2,3)16/h9-10,16H,4-8H2,1-3H3,(H,14,15). The Morgan fingerprint density at radius 3 is 2.62 bits per heavy atom. The molecule has 0 aromatic rings. The number of aliphatic carboxylic acids is 1. The minimum atomic E-state index is -0.733. The molecule has 0 saturated carbocycles. The average molecular weight is 229 g/mol. The number of rotatable bonds is 4. The number of hydrogen-bond donors (Lipinski definition) is 2. The number of hydrogen-bond acceptors (Lipinski definition) is 3. The number of carbonyl (C=O) groups is 1. The number of aliphatic hydroxyl groups is 1. The van der Waals surface area contributed by atoms with Gasteiger partial charge in [0.05, 0.1) is 5.60 Å². The van der Waals surface area contributed by atoms with E-state index in [1.807, 2.05) is 11.8 Å². The highest BCUT2D eigenvalue weighted by molar-refractivity contribution is 5.74. The minimum absolute atomic E-state index is 0.202. The van der Waals surface area contributed by atoms with Crippen LogP contribution in [0.25, 0.3) is 0 Å². The fourth-order valence-corrected chi connectivity index (χ4v) is 2.34. The molecule has 0 radical (unpaired) electrons. The molecule has 2 atom stereocenters. The summed E-state index contributed by atoms with van der Waals surface area (Å²) in [5.74, 6) is -0.531. The van der Waals surface area contributed by atoms with Crippen LogP contribution in [0.15, 0.2) is 0 Å². The van der Waals surface area contributed by atoms with E-state index in [4.69, 9.17) is 0 Å².